The minimum absolute atomic E-state index is 0.0136. The highest BCUT2D eigenvalue weighted by molar-refractivity contribution is 5.88. The van der Waals surface area contributed by atoms with Gasteiger partial charge in [-0.25, -0.2) is 0 Å². The zero-order valence-electron chi connectivity index (χ0n) is 17.5. The molecule has 3 aliphatic carbocycles. The first-order chi connectivity index (χ1) is 14.4. The van der Waals surface area contributed by atoms with Gasteiger partial charge in [-0.05, 0) is 62.9 Å². The van der Waals surface area contributed by atoms with Crippen LogP contribution in [-0.4, -0.2) is 37.1 Å². The summed E-state index contributed by atoms with van der Waals surface area (Å²) in [6.07, 6.45) is 2.09. The topological polar surface area (TPSA) is 76.7 Å². The van der Waals surface area contributed by atoms with E-state index < -0.39 is 0 Å². The van der Waals surface area contributed by atoms with Crippen molar-refractivity contribution in [1.29, 1.82) is 0 Å². The molecule has 30 heavy (non-hydrogen) atoms. The van der Waals surface area contributed by atoms with Crippen LogP contribution >= 0.6 is 0 Å². The summed E-state index contributed by atoms with van der Waals surface area (Å²) in [5.41, 5.74) is 1.73. The van der Waals surface area contributed by atoms with Gasteiger partial charge < -0.3 is 20.1 Å². The van der Waals surface area contributed by atoms with Gasteiger partial charge in [0, 0.05) is 5.54 Å². The minimum atomic E-state index is -0.325. The number of hydrogen-bond donors (Lipinski definition) is 2. The second-order valence-corrected chi connectivity index (χ2v) is 8.66. The molecule has 0 aliphatic heterocycles. The summed E-state index contributed by atoms with van der Waals surface area (Å²) in [6.45, 7) is 4.91. The van der Waals surface area contributed by atoms with Gasteiger partial charge in [0.2, 0.25) is 5.91 Å². The van der Waals surface area contributed by atoms with Gasteiger partial charge in [-0.2, -0.15) is 0 Å². The van der Waals surface area contributed by atoms with Gasteiger partial charge in [0.1, 0.15) is 18.1 Å². The van der Waals surface area contributed by atoms with Crippen LogP contribution in [0.4, 0.5) is 0 Å². The van der Waals surface area contributed by atoms with Gasteiger partial charge in [-0.15, -0.1) is 0 Å². The molecule has 2 aromatic rings. The van der Waals surface area contributed by atoms with Crippen molar-refractivity contribution in [3.05, 3.63) is 59.7 Å². The van der Waals surface area contributed by atoms with E-state index in [0.717, 1.165) is 16.9 Å². The molecule has 158 valence electrons. The van der Waals surface area contributed by atoms with Crippen LogP contribution in [0, 0.1) is 19.3 Å². The lowest BCUT2D eigenvalue weighted by Gasteiger charge is -2.69. The normalized spacial score (nSPS) is 23.5. The summed E-state index contributed by atoms with van der Waals surface area (Å²) in [5.74, 6) is 1.40. The molecule has 0 heterocycles. The van der Waals surface area contributed by atoms with E-state index in [4.69, 9.17) is 9.47 Å². The number of aryl methyl sites for hydroxylation is 2. The van der Waals surface area contributed by atoms with E-state index in [9.17, 15) is 9.59 Å². The smallest absolute Gasteiger partial charge is 0.258 e. The summed E-state index contributed by atoms with van der Waals surface area (Å²) < 4.78 is 11.2. The van der Waals surface area contributed by atoms with Gasteiger partial charge in [0.05, 0.1) is 12.0 Å². The maximum atomic E-state index is 12.5. The molecular formula is C24H28N2O4. The predicted molar refractivity (Wildman–Crippen MR) is 114 cm³/mol. The van der Waals surface area contributed by atoms with E-state index in [-0.39, 0.29) is 29.4 Å². The van der Waals surface area contributed by atoms with Gasteiger partial charge in [-0.1, -0.05) is 29.8 Å². The Morgan fingerprint density at radius 2 is 1.67 bits per heavy atom. The molecule has 3 saturated carbocycles. The zero-order valence-corrected chi connectivity index (χ0v) is 17.5. The average Bonchev–Trinajstić information content (AvgIpc) is 2.66. The molecule has 2 amide bonds. The Balaban J connectivity index is 1.14. The molecule has 6 nitrogen and oxygen atoms in total. The summed E-state index contributed by atoms with van der Waals surface area (Å²) in [7, 11) is 0. The Morgan fingerprint density at radius 3 is 2.37 bits per heavy atom. The molecule has 0 saturated heterocycles. The van der Waals surface area contributed by atoms with Crippen LogP contribution in [-0.2, 0) is 9.59 Å². The van der Waals surface area contributed by atoms with E-state index in [1.165, 1.54) is 0 Å². The van der Waals surface area contributed by atoms with Gasteiger partial charge in [0.15, 0.2) is 6.61 Å². The van der Waals surface area contributed by atoms with Crippen LogP contribution < -0.4 is 20.1 Å². The Hall–Kier alpha value is -3.02. The van der Waals surface area contributed by atoms with Crippen molar-refractivity contribution >= 4 is 11.8 Å². The molecule has 2 aromatic carbocycles. The number of benzene rings is 2. The second kappa shape index (κ2) is 8.01. The minimum Gasteiger partial charge on any atom is -0.492 e. The fourth-order valence-electron chi connectivity index (χ4n) is 4.50. The van der Waals surface area contributed by atoms with E-state index in [1.54, 1.807) is 0 Å². The van der Waals surface area contributed by atoms with Crippen LogP contribution in [0.2, 0.25) is 0 Å². The molecule has 0 atom stereocenters. The van der Waals surface area contributed by atoms with E-state index in [0.29, 0.717) is 38.2 Å². The number of nitrogens with one attached hydrogen (secondary N) is 2. The van der Waals surface area contributed by atoms with Gasteiger partial charge in [-0.3, -0.25) is 9.59 Å². The van der Waals surface area contributed by atoms with Crippen molar-refractivity contribution in [2.24, 2.45) is 5.41 Å². The summed E-state index contributed by atoms with van der Waals surface area (Å²) in [4.78, 5) is 24.7. The van der Waals surface area contributed by atoms with Crippen LogP contribution in [0.1, 0.15) is 30.4 Å². The number of amides is 2. The fourth-order valence-corrected chi connectivity index (χ4v) is 4.50. The highest BCUT2D eigenvalue weighted by Crippen LogP contribution is 2.67. The van der Waals surface area contributed by atoms with Gasteiger partial charge in [0.25, 0.3) is 5.91 Å². The van der Waals surface area contributed by atoms with Crippen LogP contribution in [0.3, 0.4) is 0 Å². The van der Waals surface area contributed by atoms with Crippen LogP contribution in [0.15, 0.2) is 48.5 Å². The lowest BCUT2D eigenvalue weighted by atomic mass is 9.39. The summed E-state index contributed by atoms with van der Waals surface area (Å²) in [5, 5.41) is 6.01. The van der Waals surface area contributed by atoms with Crippen molar-refractivity contribution in [3.8, 4) is 11.5 Å². The molecule has 3 aliphatic rings. The molecule has 6 heteroatoms. The van der Waals surface area contributed by atoms with Crippen molar-refractivity contribution in [2.45, 2.75) is 38.6 Å². The number of ether oxygens (including phenoxy) is 2. The lowest BCUT2D eigenvalue weighted by molar-refractivity contribution is -0.184. The van der Waals surface area contributed by atoms with Crippen molar-refractivity contribution in [3.63, 3.8) is 0 Å². The first-order valence-corrected chi connectivity index (χ1v) is 10.4. The third-order valence-corrected chi connectivity index (χ3v) is 5.95. The Bertz CT molecular complexity index is 919. The second-order valence-electron chi connectivity index (χ2n) is 8.66. The molecule has 3 fully saturated rings. The third kappa shape index (κ3) is 4.27. The molecule has 2 bridgehead atoms. The molecule has 0 radical (unpaired) electrons. The predicted octanol–water partition coefficient (Wildman–Crippen LogP) is 2.92. The Morgan fingerprint density at radius 1 is 0.933 bits per heavy atom. The van der Waals surface area contributed by atoms with Gasteiger partial charge >= 0.3 is 0 Å². The van der Waals surface area contributed by atoms with Crippen molar-refractivity contribution in [1.82, 2.24) is 10.6 Å². The molecule has 2 N–H and O–H groups in total. The maximum Gasteiger partial charge on any atom is 0.258 e. The average molecular weight is 408 g/mol. The lowest BCUT2D eigenvalue weighted by Crippen LogP contribution is -2.78. The first-order valence-electron chi connectivity index (χ1n) is 10.4. The first kappa shape index (κ1) is 20.3. The fraction of sp³-hybridized carbons (Fsp3) is 0.417. The quantitative estimate of drug-likeness (QED) is 0.626. The molecule has 0 aromatic heterocycles. The SMILES string of the molecule is Cc1ccc(OCC(=O)NC23CC(C(=O)NCCOc4cccc(C)c4)(C2)C3)cc1. The third-order valence-electron chi connectivity index (χ3n) is 5.95. The number of carbonyl (C=O) groups excluding carboxylic acids is 2. The molecule has 5 rings (SSSR count). The number of hydrogen-bond acceptors (Lipinski definition) is 4. The van der Waals surface area contributed by atoms with Crippen LogP contribution in [0.5, 0.6) is 11.5 Å². The standard InChI is InChI=1S/C24H28N2O4/c1-17-6-8-19(9-7-17)30-13-21(27)26-24-14-23(15-24,16-24)22(28)25-10-11-29-20-5-3-4-18(2)12-20/h3-9,12H,10-11,13-16H2,1-2H3,(H,25,28)(H,26,27). The largest absolute Gasteiger partial charge is 0.492 e. The maximum absolute atomic E-state index is 12.5. The van der Waals surface area contributed by atoms with Crippen molar-refractivity contribution in [2.75, 3.05) is 19.8 Å². The number of rotatable bonds is 9. The van der Waals surface area contributed by atoms with E-state index in [1.807, 2.05) is 62.4 Å². The van der Waals surface area contributed by atoms with E-state index in [2.05, 4.69) is 10.6 Å². The summed E-state index contributed by atoms with van der Waals surface area (Å²) >= 11 is 0. The summed E-state index contributed by atoms with van der Waals surface area (Å²) in [6, 6.07) is 15.4. The van der Waals surface area contributed by atoms with Crippen LogP contribution in [0.25, 0.3) is 0 Å². The Labute approximate surface area is 177 Å². The van der Waals surface area contributed by atoms with E-state index >= 15 is 0 Å². The number of carbonyl (C=O) groups is 2. The zero-order chi connectivity index (χ0) is 21.2. The molecule has 0 spiro atoms. The highest BCUT2D eigenvalue weighted by atomic mass is 16.5. The molecule has 0 unspecified atom stereocenters. The Kier molecular flexibility index (Phi) is 5.41. The molecular weight excluding hydrogens is 380 g/mol. The van der Waals surface area contributed by atoms with Crippen molar-refractivity contribution < 1.29 is 19.1 Å². The monoisotopic (exact) mass is 408 g/mol. The highest BCUT2D eigenvalue weighted by Gasteiger charge is 2.72.